The first kappa shape index (κ1) is 20.5. The molecule has 0 unspecified atom stereocenters. The van der Waals surface area contributed by atoms with Gasteiger partial charge in [0.2, 0.25) is 0 Å². The van der Waals surface area contributed by atoms with E-state index < -0.39 is 15.8 Å². The van der Waals surface area contributed by atoms with Gasteiger partial charge >= 0.3 is 5.97 Å². The highest BCUT2D eigenvalue weighted by Crippen LogP contribution is 2.38. The van der Waals surface area contributed by atoms with Crippen LogP contribution in [0.3, 0.4) is 0 Å². The summed E-state index contributed by atoms with van der Waals surface area (Å²) in [6, 6.07) is 7.29. The summed E-state index contributed by atoms with van der Waals surface area (Å²) in [5, 5.41) is 3.13. The molecule has 28 heavy (non-hydrogen) atoms. The van der Waals surface area contributed by atoms with Crippen molar-refractivity contribution in [3.63, 3.8) is 0 Å². The summed E-state index contributed by atoms with van der Waals surface area (Å²) in [7, 11) is -3.19. The molecule has 150 valence electrons. The second-order valence-electron chi connectivity index (χ2n) is 7.00. The van der Waals surface area contributed by atoms with E-state index in [0.717, 1.165) is 16.9 Å². The van der Waals surface area contributed by atoms with Gasteiger partial charge in [-0.15, -0.1) is 11.3 Å². The first-order chi connectivity index (χ1) is 13.2. The summed E-state index contributed by atoms with van der Waals surface area (Å²) in [5.41, 5.74) is 2.55. The van der Waals surface area contributed by atoms with E-state index in [-0.39, 0.29) is 36.0 Å². The van der Waals surface area contributed by atoms with Gasteiger partial charge in [0.25, 0.3) is 5.91 Å². The lowest BCUT2D eigenvalue weighted by Crippen LogP contribution is -2.20. The van der Waals surface area contributed by atoms with Gasteiger partial charge < -0.3 is 10.1 Å². The van der Waals surface area contributed by atoms with Crippen LogP contribution in [0.2, 0.25) is 0 Å². The van der Waals surface area contributed by atoms with Crippen LogP contribution in [-0.4, -0.2) is 32.7 Å². The Balaban J connectivity index is 1.93. The smallest absolute Gasteiger partial charge is 0.341 e. The van der Waals surface area contributed by atoms with E-state index in [2.05, 4.69) is 19.2 Å². The summed E-state index contributed by atoms with van der Waals surface area (Å²) >= 11 is 1.14. The maximum absolute atomic E-state index is 12.7. The molecule has 6 nitrogen and oxygen atoms in total. The van der Waals surface area contributed by atoms with Crippen LogP contribution >= 0.6 is 11.3 Å². The van der Waals surface area contributed by atoms with Crippen LogP contribution in [0, 0.1) is 0 Å². The predicted molar refractivity (Wildman–Crippen MR) is 110 cm³/mol. The second kappa shape index (κ2) is 8.05. The highest BCUT2D eigenvalue weighted by molar-refractivity contribution is 7.90. The Morgan fingerprint density at radius 2 is 1.89 bits per heavy atom. The van der Waals surface area contributed by atoms with Crippen molar-refractivity contribution in [3.05, 3.63) is 51.4 Å². The van der Waals surface area contributed by atoms with Gasteiger partial charge in [0.1, 0.15) is 5.00 Å². The van der Waals surface area contributed by atoms with Crippen molar-refractivity contribution in [3.8, 4) is 0 Å². The SMILES string of the molecule is CCOC(=O)c1c(NC(=O)c2ccc(C(C)C)cc2)sc2c1CCS(=O)(=O)C2. The molecule has 0 saturated carbocycles. The van der Waals surface area contributed by atoms with E-state index in [1.165, 1.54) is 0 Å². The molecule has 0 spiro atoms. The number of sulfone groups is 1. The minimum atomic E-state index is -3.19. The molecule has 2 heterocycles. The van der Waals surface area contributed by atoms with E-state index in [0.29, 0.717) is 26.9 Å². The lowest BCUT2D eigenvalue weighted by molar-refractivity contribution is 0.0527. The monoisotopic (exact) mass is 421 g/mol. The number of rotatable bonds is 5. The minimum Gasteiger partial charge on any atom is -0.462 e. The molecular weight excluding hydrogens is 398 g/mol. The molecule has 0 bridgehead atoms. The molecule has 1 aliphatic rings. The third-order valence-corrected chi connectivity index (χ3v) is 7.54. The average Bonchev–Trinajstić information content (AvgIpc) is 2.97. The van der Waals surface area contributed by atoms with E-state index in [1.807, 2.05) is 12.1 Å². The second-order valence-corrected chi connectivity index (χ2v) is 10.3. The molecule has 1 aromatic heterocycles. The van der Waals surface area contributed by atoms with Gasteiger partial charge in [0.05, 0.1) is 23.7 Å². The summed E-state index contributed by atoms with van der Waals surface area (Å²) < 4.78 is 29.1. The Morgan fingerprint density at radius 3 is 2.50 bits per heavy atom. The molecule has 0 aliphatic carbocycles. The number of anilines is 1. The number of thiophene rings is 1. The fourth-order valence-electron chi connectivity index (χ4n) is 3.12. The van der Waals surface area contributed by atoms with Crippen molar-refractivity contribution >= 4 is 38.1 Å². The Morgan fingerprint density at radius 1 is 1.21 bits per heavy atom. The van der Waals surface area contributed by atoms with E-state index in [9.17, 15) is 18.0 Å². The van der Waals surface area contributed by atoms with Crippen LogP contribution in [0.4, 0.5) is 5.00 Å². The van der Waals surface area contributed by atoms with Gasteiger partial charge in [0.15, 0.2) is 9.84 Å². The first-order valence-electron chi connectivity index (χ1n) is 9.15. The molecule has 0 fully saturated rings. The lowest BCUT2D eigenvalue weighted by atomic mass is 10.0. The highest BCUT2D eigenvalue weighted by Gasteiger charge is 2.32. The zero-order chi connectivity index (χ0) is 20.5. The molecule has 0 saturated heterocycles. The third-order valence-electron chi connectivity index (χ3n) is 4.65. The maximum Gasteiger partial charge on any atom is 0.341 e. The number of hydrogen-bond donors (Lipinski definition) is 1. The van der Waals surface area contributed by atoms with Crippen LogP contribution < -0.4 is 5.32 Å². The molecule has 0 radical (unpaired) electrons. The van der Waals surface area contributed by atoms with Crippen LogP contribution in [0.15, 0.2) is 24.3 Å². The van der Waals surface area contributed by atoms with Gasteiger partial charge in [-0.25, -0.2) is 13.2 Å². The number of ether oxygens (including phenoxy) is 1. The average molecular weight is 422 g/mol. The van der Waals surface area contributed by atoms with Crippen molar-refractivity contribution in [2.75, 3.05) is 17.7 Å². The van der Waals surface area contributed by atoms with E-state index in [1.54, 1.807) is 19.1 Å². The molecule has 2 aromatic rings. The van der Waals surface area contributed by atoms with Crippen molar-refractivity contribution in [2.45, 2.75) is 38.9 Å². The Hall–Kier alpha value is -2.19. The zero-order valence-corrected chi connectivity index (χ0v) is 17.7. The van der Waals surface area contributed by atoms with E-state index >= 15 is 0 Å². The summed E-state index contributed by atoms with van der Waals surface area (Å²) in [6.07, 6.45) is 0.251. The number of nitrogens with one attached hydrogen (secondary N) is 1. The summed E-state index contributed by atoms with van der Waals surface area (Å²) in [4.78, 5) is 25.8. The molecule has 0 atom stereocenters. The summed E-state index contributed by atoms with van der Waals surface area (Å²) in [6.45, 7) is 6.05. The van der Waals surface area contributed by atoms with Crippen LogP contribution in [0.1, 0.15) is 63.4 Å². The Bertz CT molecular complexity index is 1000. The van der Waals surface area contributed by atoms with Gasteiger partial charge in [0, 0.05) is 10.4 Å². The highest BCUT2D eigenvalue weighted by atomic mass is 32.2. The number of amides is 1. The number of benzene rings is 1. The largest absolute Gasteiger partial charge is 0.462 e. The van der Waals surface area contributed by atoms with Crippen molar-refractivity contribution in [1.82, 2.24) is 0 Å². The van der Waals surface area contributed by atoms with Crippen molar-refractivity contribution in [2.24, 2.45) is 0 Å². The quantitative estimate of drug-likeness (QED) is 0.742. The lowest BCUT2D eigenvalue weighted by Gasteiger charge is -2.13. The van der Waals surface area contributed by atoms with Crippen molar-refractivity contribution in [1.29, 1.82) is 0 Å². The molecule has 3 rings (SSSR count). The van der Waals surface area contributed by atoms with Gasteiger partial charge in [-0.2, -0.15) is 0 Å². The number of fused-ring (bicyclic) bond motifs is 1. The third kappa shape index (κ3) is 4.28. The van der Waals surface area contributed by atoms with Gasteiger partial charge in [-0.05, 0) is 42.5 Å². The van der Waals surface area contributed by atoms with Crippen LogP contribution in [0.5, 0.6) is 0 Å². The first-order valence-corrected chi connectivity index (χ1v) is 11.8. The minimum absolute atomic E-state index is 0.00676. The Labute approximate surface area is 168 Å². The fraction of sp³-hybridized carbons (Fsp3) is 0.400. The maximum atomic E-state index is 12.7. The standard InChI is InChI=1S/C20H23NO5S2/c1-4-26-20(23)17-15-9-10-28(24,25)11-16(15)27-19(17)21-18(22)14-7-5-13(6-8-14)12(2)3/h5-8,12H,4,9-11H2,1-3H3,(H,21,22). The van der Waals surface area contributed by atoms with E-state index in [4.69, 9.17) is 4.74 Å². The number of carbonyl (C=O) groups is 2. The number of hydrogen-bond acceptors (Lipinski definition) is 6. The molecule has 1 N–H and O–H groups in total. The summed E-state index contributed by atoms with van der Waals surface area (Å²) in [5.74, 6) is -0.642. The van der Waals surface area contributed by atoms with Crippen molar-refractivity contribution < 1.29 is 22.7 Å². The van der Waals surface area contributed by atoms with Crippen LogP contribution in [0.25, 0.3) is 0 Å². The van der Waals surface area contributed by atoms with Gasteiger partial charge in [-0.1, -0.05) is 26.0 Å². The van der Waals surface area contributed by atoms with Gasteiger partial charge in [-0.3, -0.25) is 4.79 Å². The Kier molecular flexibility index (Phi) is 5.90. The molecule has 1 amide bonds. The molecule has 1 aliphatic heterocycles. The molecular formula is C20H23NO5S2. The number of esters is 1. The molecule has 1 aromatic carbocycles. The fourth-order valence-corrected chi connectivity index (χ4v) is 6.16. The van der Waals surface area contributed by atoms with Crippen LogP contribution in [-0.2, 0) is 26.7 Å². The zero-order valence-electron chi connectivity index (χ0n) is 16.1. The normalized spacial score (nSPS) is 15.1. The molecule has 8 heteroatoms. The topological polar surface area (TPSA) is 89.5 Å². The number of carbonyl (C=O) groups excluding carboxylic acids is 2. The predicted octanol–water partition coefficient (Wildman–Crippen LogP) is 3.77.